The molecule has 7 nitrogen and oxygen atoms in total. The van der Waals surface area contributed by atoms with Crippen molar-refractivity contribution in [2.45, 2.75) is 45.3 Å². The molecule has 0 bridgehead atoms. The Labute approximate surface area is 215 Å². The van der Waals surface area contributed by atoms with Crippen molar-refractivity contribution in [3.8, 4) is 23.0 Å². The summed E-state index contributed by atoms with van der Waals surface area (Å²) in [5.41, 5.74) is 3.91. The largest absolute Gasteiger partial charge is 0.444 e. The van der Waals surface area contributed by atoms with Gasteiger partial charge in [-0.15, -0.1) is 0 Å². The zero-order chi connectivity index (χ0) is 25.3. The molecule has 0 aliphatic carbocycles. The fraction of sp³-hybridized carbons (Fsp3) is 0.321. The van der Waals surface area contributed by atoms with Crippen LogP contribution in [0.5, 0.6) is 0 Å². The van der Waals surface area contributed by atoms with Crippen molar-refractivity contribution in [3.05, 3.63) is 71.3 Å². The number of pyridine rings is 1. The van der Waals surface area contributed by atoms with Gasteiger partial charge in [-0.05, 0) is 51.8 Å². The molecule has 1 saturated heterocycles. The molecular weight excluding hydrogens is 474 g/mol. The Balaban J connectivity index is 1.31. The van der Waals surface area contributed by atoms with Gasteiger partial charge in [-0.2, -0.15) is 5.10 Å². The van der Waals surface area contributed by atoms with Crippen LogP contribution >= 0.6 is 11.6 Å². The van der Waals surface area contributed by atoms with E-state index in [1.807, 2.05) is 68.3 Å². The molecule has 0 unspecified atom stereocenters. The number of amides is 1. The van der Waals surface area contributed by atoms with Crippen LogP contribution in [0.1, 0.15) is 50.8 Å². The predicted octanol–water partition coefficient (Wildman–Crippen LogP) is 6.05. The van der Waals surface area contributed by atoms with E-state index in [0.717, 1.165) is 46.1 Å². The van der Waals surface area contributed by atoms with Crippen LogP contribution < -0.4 is 0 Å². The third kappa shape index (κ3) is 5.24. The number of aromatic nitrogens is 4. The molecule has 1 fully saturated rings. The van der Waals surface area contributed by atoms with Gasteiger partial charge in [0.1, 0.15) is 11.2 Å². The minimum Gasteiger partial charge on any atom is -0.444 e. The lowest BCUT2D eigenvalue weighted by Crippen LogP contribution is -2.42. The van der Waals surface area contributed by atoms with E-state index in [1.165, 1.54) is 0 Å². The van der Waals surface area contributed by atoms with E-state index in [1.54, 1.807) is 4.90 Å². The number of carbonyl (C=O) groups excluding carboxylic acids is 1. The Morgan fingerprint density at radius 2 is 1.86 bits per heavy atom. The van der Waals surface area contributed by atoms with Crippen LogP contribution in [0.15, 0.2) is 55.1 Å². The van der Waals surface area contributed by atoms with Gasteiger partial charge >= 0.3 is 6.09 Å². The molecule has 1 amide bonds. The van der Waals surface area contributed by atoms with Gasteiger partial charge in [0.2, 0.25) is 0 Å². The number of aromatic amines is 1. The Morgan fingerprint density at radius 1 is 1.11 bits per heavy atom. The number of piperidine rings is 1. The highest BCUT2D eigenvalue weighted by Gasteiger charge is 2.28. The van der Waals surface area contributed by atoms with Crippen LogP contribution in [0.4, 0.5) is 4.79 Å². The number of benzene rings is 1. The number of nitrogens with zero attached hydrogens (tertiary/aromatic N) is 4. The number of hydrogen-bond donors (Lipinski definition) is 1. The van der Waals surface area contributed by atoms with Crippen molar-refractivity contribution in [2.75, 3.05) is 13.1 Å². The van der Waals surface area contributed by atoms with Gasteiger partial charge in [0.05, 0.1) is 22.8 Å². The van der Waals surface area contributed by atoms with Crippen LogP contribution in [0, 0.1) is 11.8 Å². The van der Waals surface area contributed by atoms with Gasteiger partial charge in [0, 0.05) is 53.8 Å². The number of halogens is 1. The van der Waals surface area contributed by atoms with Gasteiger partial charge in [-0.1, -0.05) is 35.6 Å². The molecule has 0 spiro atoms. The summed E-state index contributed by atoms with van der Waals surface area (Å²) >= 11 is 6.25. The van der Waals surface area contributed by atoms with Crippen LogP contribution in [-0.2, 0) is 4.74 Å². The summed E-state index contributed by atoms with van der Waals surface area (Å²) in [6.07, 6.45) is 9.04. The first-order chi connectivity index (χ1) is 17.3. The van der Waals surface area contributed by atoms with E-state index in [2.05, 4.69) is 39.2 Å². The van der Waals surface area contributed by atoms with E-state index in [-0.39, 0.29) is 12.1 Å². The number of nitrogens with one attached hydrogen (secondary N) is 1. The highest BCUT2D eigenvalue weighted by Crippen LogP contribution is 2.28. The lowest BCUT2D eigenvalue weighted by atomic mass is 10.1. The molecule has 0 atom stereocenters. The Hall–Kier alpha value is -3.76. The Morgan fingerprint density at radius 3 is 2.61 bits per heavy atom. The number of likely N-dealkylation sites (tertiary alicyclic amines) is 1. The summed E-state index contributed by atoms with van der Waals surface area (Å²) in [5, 5.41) is 6.21. The first kappa shape index (κ1) is 24.0. The van der Waals surface area contributed by atoms with E-state index in [4.69, 9.17) is 16.3 Å². The highest BCUT2D eigenvalue weighted by molar-refractivity contribution is 6.31. The summed E-state index contributed by atoms with van der Waals surface area (Å²) in [6, 6.07) is 9.87. The molecule has 1 aliphatic rings. The average Bonchev–Trinajstić information content (AvgIpc) is 3.50. The van der Waals surface area contributed by atoms with Crippen molar-refractivity contribution in [2.24, 2.45) is 0 Å². The van der Waals surface area contributed by atoms with Crippen molar-refractivity contribution in [3.63, 3.8) is 0 Å². The molecule has 0 saturated carbocycles. The maximum absolute atomic E-state index is 12.4. The van der Waals surface area contributed by atoms with Crippen molar-refractivity contribution >= 4 is 28.7 Å². The maximum atomic E-state index is 12.4. The smallest absolute Gasteiger partial charge is 0.410 e. The summed E-state index contributed by atoms with van der Waals surface area (Å²) in [7, 11) is 0. The maximum Gasteiger partial charge on any atom is 0.410 e. The molecule has 8 heteroatoms. The van der Waals surface area contributed by atoms with Gasteiger partial charge in [-0.3, -0.25) is 4.68 Å². The normalized spacial score (nSPS) is 14.5. The quantitative estimate of drug-likeness (QED) is 0.339. The van der Waals surface area contributed by atoms with Gasteiger partial charge in [-0.25, -0.2) is 9.78 Å². The SMILES string of the molecule is CC(C)(C)OC(=O)N1CCC(n2cc(-c3cnc4[nH]cc(C#Cc5ccccc5Cl)c4c3)cn2)CC1. The zero-order valence-electron chi connectivity index (χ0n) is 20.6. The second-order valence-corrected chi connectivity index (χ2v) is 10.4. The second kappa shape index (κ2) is 9.71. The molecule has 4 aromatic rings. The number of rotatable bonds is 2. The standard InChI is InChI=1S/C28H28ClN5O2/c1-28(2,3)36-27(35)33-12-10-23(11-13-33)34-18-22(17-32-34)21-14-24-20(15-30-26(24)31-16-21)9-8-19-6-4-5-7-25(19)29/h4-7,14-18,23H,10-13H2,1-3H3,(H,30,31). The third-order valence-corrected chi connectivity index (χ3v) is 6.49. The topological polar surface area (TPSA) is 76.0 Å². The lowest BCUT2D eigenvalue weighted by Gasteiger charge is -2.33. The van der Waals surface area contributed by atoms with Crippen molar-refractivity contribution < 1.29 is 9.53 Å². The molecule has 5 rings (SSSR count). The predicted molar refractivity (Wildman–Crippen MR) is 141 cm³/mol. The number of ether oxygens (including phenoxy) is 1. The van der Waals surface area contributed by atoms with Crippen LogP contribution in [0.2, 0.25) is 5.02 Å². The lowest BCUT2D eigenvalue weighted by molar-refractivity contribution is 0.0185. The zero-order valence-corrected chi connectivity index (χ0v) is 21.3. The van der Waals surface area contributed by atoms with E-state index >= 15 is 0 Å². The highest BCUT2D eigenvalue weighted by atomic mass is 35.5. The number of hydrogen-bond acceptors (Lipinski definition) is 4. The van der Waals surface area contributed by atoms with Crippen LogP contribution in [0.3, 0.4) is 0 Å². The summed E-state index contributed by atoms with van der Waals surface area (Å²) in [5.74, 6) is 6.37. The van der Waals surface area contributed by atoms with Gasteiger partial charge in [0.15, 0.2) is 0 Å². The average molecular weight is 502 g/mol. The number of fused-ring (bicyclic) bond motifs is 1. The molecule has 184 valence electrons. The van der Waals surface area contributed by atoms with Gasteiger partial charge in [0.25, 0.3) is 0 Å². The molecular formula is C28H28ClN5O2. The Kier molecular flexibility index (Phi) is 6.46. The fourth-order valence-corrected chi connectivity index (χ4v) is 4.47. The third-order valence-electron chi connectivity index (χ3n) is 6.16. The number of H-pyrrole nitrogens is 1. The van der Waals surface area contributed by atoms with E-state index in [9.17, 15) is 4.79 Å². The molecule has 3 aromatic heterocycles. The summed E-state index contributed by atoms with van der Waals surface area (Å²) < 4.78 is 7.51. The van der Waals surface area contributed by atoms with Crippen LogP contribution in [0.25, 0.3) is 22.2 Å². The molecule has 1 N–H and O–H groups in total. The van der Waals surface area contributed by atoms with E-state index in [0.29, 0.717) is 18.1 Å². The number of carbonyl (C=O) groups is 1. The molecule has 36 heavy (non-hydrogen) atoms. The first-order valence-electron chi connectivity index (χ1n) is 12.0. The molecule has 1 aliphatic heterocycles. The van der Waals surface area contributed by atoms with Gasteiger partial charge < -0.3 is 14.6 Å². The molecule has 0 radical (unpaired) electrons. The Bertz CT molecular complexity index is 1460. The van der Waals surface area contributed by atoms with Crippen molar-refractivity contribution in [1.82, 2.24) is 24.6 Å². The second-order valence-electron chi connectivity index (χ2n) is 9.96. The fourth-order valence-electron chi connectivity index (χ4n) is 4.29. The monoisotopic (exact) mass is 501 g/mol. The summed E-state index contributed by atoms with van der Waals surface area (Å²) in [6.45, 7) is 6.96. The van der Waals surface area contributed by atoms with E-state index < -0.39 is 5.60 Å². The van der Waals surface area contributed by atoms with Crippen LogP contribution in [-0.4, -0.2) is 49.4 Å². The summed E-state index contributed by atoms with van der Waals surface area (Å²) in [4.78, 5) is 21.9. The first-order valence-corrected chi connectivity index (χ1v) is 12.4. The minimum absolute atomic E-state index is 0.235. The van der Waals surface area contributed by atoms with Crippen molar-refractivity contribution in [1.29, 1.82) is 0 Å². The molecule has 4 heterocycles. The molecule has 1 aromatic carbocycles. The minimum atomic E-state index is -0.487.